The lowest BCUT2D eigenvalue weighted by Gasteiger charge is -2.23. The molecule has 8 nitrogen and oxygen atoms in total. The monoisotopic (exact) mass is 464 g/mol. The fourth-order valence-electron chi connectivity index (χ4n) is 4.26. The highest BCUT2D eigenvalue weighted by atomic mass is 32.1. The van der Waals surface area contributed by atoms with Gasteiger partial charge in [-0.2, -0.15) is 0 Å². The summed E-state index contributed by atoms with van der Waals surface area (Å²) in [6.45, 7) is 1.08. The second-order valence-electron chi connectivity index (χ2n) is 8.20. The average Bonchev–Trinajstić information content (AvgIpc) is 3.30. The van der Waals surface area contributed by atoms with Crippen LogP contribution in [0, 0.1) is 5.92 Å². The second kappa shape index (κ2) is 9.08. The molecule has 2 heterocycles. The Morgan fingerprint density at radius 1 is 1.41 bits per heavy atom. The zero-order valence-electron chi connectivity index (χ0n) is 17.7. The first-order chi connectivity index (χ1) is 15.2. The highest BCUT2D eigenvalue weighted by Crippen LogP contribution is 2.46. The van der Waals surface area contributed by atoms with E-state index in [1.807, 2.05) is 0 Å². The second-order valence-corrected chi connectivity index (χ2v) is 9.28. The van der Waals surface area contributed by atoms with Crippen molar-refractivity contribution < 1.29 is 18.3 Å². The SMILES string of the molecule is CN(N)/N=C(\N)c1ccc(C(C(=O)Nc2nc3c(s2)COCC3)C2CCC(F)(F)C2)cc1. The summed E-state index contributed by atoms with van der Waals surface area (Å²) in [7, 11) is 1.55. The molecule has 11 heteroatoms. The first-order valence-corrected chi connectivity index (χ1v) is 11.2. The molecule has 2 atom stereocenters. The summed E-state index contributed by atoms with van der Waals surface area (Å²) in [6.07, 6.45) is 0.431. The number of thiazole rings is 1. The predicted molar refractivity (Wildman–Crippen MR) is 118 cm³/mol. The number of nitrogens with one attached hydrogen (secondary N) is 1. The summed E-state index contributed by atoms with van der Waals surface area (Å²) in [4.78, 5) is 18.8. The minimum atomic E-state index is -2.76. The number of fused-ring (bicyclic) bond motifs is 1. The molecule has 1 aromatic carbocycles. The van der Waals surface area contributed by atoms with Gasteiger partial charge in [-0.25, -0.2) is 24.7 Å². The molecule has 2 aromatic rings. The molecule has 5 N–H and O–H groups in total. The molecule has 172 valence electrons. The topological polar surface area (TPSA) is 119 Å². The van der Waals surface area contributed by atoms with Crippen molar-refractivity contribution >= 4 is 28.2 Å². The van der Waals surface area contributed by atoms with Crippen LogP contribution in [0.3, 0.4) is 0 Å². The van der Waals surface area contributed by atoms with Crippen molar-refractivity contribution in [1.82, 2.24) is 10.1 Å². The van der Waals surface area contributed by atoms with Crippen molar-refractivity contribution in [3.63, 3.8) is 0 Å². The van der Waals surface area contributed by atoms with Gasteiger partial charge in [0.1, 0.15) is 0 Å². The third-order valence-electron chi connectivity index (χ3n) is 5.75. The van der Waals surface area contributed by atoms with Crippen LogP contribution < -0.4 is 16.9 Å². The van der Waals surface area contributed by atoms with Gasteiger partial charge in [-0.05, 0) is 17.9 Å². The third kappa shape index (κ3) is 5.05. The molecule has 4 rings (SSSR count). The van der Waals surface area contributed by atoms with E-state index in [0.717, 1.165) is 15.7 Å². The van der Waals surface area contributed by atoms with E-state index in [2.05, 4.69) is 15.4 Å². The molecule has 1 fully saturated rings. The first kappa shape index (κ1) is 22.6. The number of amides is 1. The Balaban J connectivity index is 1.59. The Hall–Kier alpha value is -2.63. The van der Waals surface area contributed by atoms with E-state index in [-0.39, 0.29) is 31.0 Å². The predicted octanol–water partition coefficient (Wildman–Crippen LogP) is 2.80. The lowest BCUT2D eigenvalue weighted by atomic mass is 9.83. The summed E-state index contributed by atoms with van der Waals surface area (Å²) in [5, 5.41) is 8.38. The molecule has 1 saturated carbocycles. The zero-order chi connectivity index (χ0) is 22.9. The van der Waals surface area contributed by atoms with Crippen molar-refractivity contribution in [3.05, 3.63) is 46.0 Å². The molecule has 32 heavy (non-hydrogen) atoms. The van der Waals surface area contributed by atoms with E-state index in [1.54, 1.807) is 31.3 Å². The molecule has 1 amide bonds. The number of carbonyl (C=O) groups is 1. The van der Waals surface area contributed by atoms with Gasteiger partial charge in [-0.3, -0.25) is 4.79 Å². The quantitative estimate of drug-likeness (QED) is 0.262. The van der Waals surface area contributed by atoms with E-state index in [4.69, 9.17) is 16.3 Å². The van der Waals surface area contributed by atoms with Gasteiger partial charge in [-0.1, -0.05) is 35.6 Å². The first-order valence-electron chi connectivity index (χ1n) is 10.4. The molecule has 1 aliphatic heterocycles. The van der Waals surface area contributed by atoms with E-state index < -0.39 is 17.8 Å². The number of hydrogen-bond acceptors (Lipinski definition) is 7. The summed E-state index contributed by atoms with van der Waals surface area (Å²) in [6, 6.07) is 6.89. The molecule has 1 aromatic heterocycles. The number of rotatable bonds is 6. The molecule has 0 spiro atoms. The van der Waals surface area contributed by atoms with E-state index in [0.29, 0.717) is 35.9 Å². The number of alkyl halides is 2. The average molecular weight is 465 g/mol. The van der Waals surface area contributed by atoms with Crippen molar-refractivity contribution in [2.75, 3.05) is 19.0 Å². The number of hydrazone groups is 1. The number of benzene rings is 1. The number of amidine groups is 1. The number of anilines is 1. The maximum atomic E-state index is 14.0. The Morgan fingerprint density at radius 3 is 2.78 bits per heavy atom. The smallest absolute Gasteiger partial charge is 0.248 e. The van der Waals surface area contributed by atoms with E-state index in [1.165, 1.54) is 11.3 Å². The van der Waals surface area contributed by atoms with Crippen LogP contribution in [0.1, 0.15) is 46.9 Å². The fraction of sp³-hybridized carbons (Fsp3) is 0.476. The van der Waals surface area contributed by atoms with Gasteiger partial charge in [0.2, 0.25) is 11.8 Å². The van der Waals surface area contributed by atoms with E-state index >= 15 is 0 Å². The van der Waals surface area contributed by atoms with Crippen LogP contribution in [0.15, 0.2) is 29.4 Å². The van der Waals surface area contributed by atoms with Crippen LogP contribution in [-0.4, -0.2) is 41.4 Å². The van der Waals surface area contributed by atoms with Crippen molar-refractivity contribution in [3.8, 4) is 0 Å². The lowest BCUT2D eigenvalue weighted by molar-refractivity contribution is -0.118. The van der Waals surface area contributed by atoms with Crippen LogP contribution >= 0.6 is 11.3 Å². The van der Waals surface area contributed by atoms with Crippen molar-refractivity contribution in [1.29, 1.82) is 0 Å². The van der Waals surface area contributed by atoms with Crippen molar-refractivity contribution in [2.24, 2.45) is 22.6 Å². The number of nitrogens with zero attached hydrogens (tertiary/aromatic N) is 3. The van der Waals surface area contributed by atoms with Gasteiger partial charge >= 0.3 is 0 Å². The summed E-state index contributed by atoms with van der Waals surface area (Å²) in [5.74, 6) is 1.40. The zero-order valence-corrected chi connectivity index (χ0v) is 18.5. The number of aromatic nitrogens is 1. The van der Waals surface area contributed by atoms with Gasteiger partial charge in [-0.15, -0.1) is 5.10 Å². The van der Waals surface area contributed by atoms with Crippen LogP contribution in [-0.2, 0) is 22.6 Å². The van der Waals surface area contributed by atoms with Gasteiger partial charge in [0.15, 0.2) is 11.0 Å². The van der Waals surface area contributed by atoms with Gasteiger partial charge in [0, 0.05) is 31.9 Å². The Bertz CT molecular complexity index is 985. The molecular weight excluding hydrogens is 438 g/mol. The number of hydrogen-bond donors (Lipinski definition) is 3. The highest BCUT2D eigenvalue weighted by Gasteiger charge is 2.45. The van der Waals surface area contributed by atoms with Crippen LogP contribution in [0.5, 0.6) is 0 Å². The summed E-state index contributed by atoms with van der Waals surface area (Å²) in [5.41, 5.74) is 8.11. The van der Waals surface area contributed by atoms with Crippen LogP contribution in [0.25, 0.3) is 0 Å². The largest absolute Gasteiger partial charge is 0.382 e. The number of halogens is 2. The van der Waals surface area contributed by atoms with Gasteiger partial charge in [0.25, 0.3) is 0 Å². The Kier molecular flexibility index (Phi) is 6.40. The molecule has 0 saturated heterocycles. The highest BCUT2D eigenvalue weighted by molar-refractivity contribution is 7.15. The molecule has 0 bridgehead atoms. The van der Waals surface area contributed by atoms with Crippen LogP contribution in [0.2, 0.25) is 0 Å². The standard InChI is InChI=1S/C21H26F2N6O2S/c1-29(25)28-18(24)13-4-2-12(3-5-13)17(14-6-8-21(22,23)10-14)19(30)27-20-26-15-7-9-31-11-16(15)32-20/h2-5,14,17H,6-11,25H2,1H3,(H2,24,28)(H,26,27,30). The Labute approximate surface area is 188 Å². The molecule has 0 radical (unpaired) electrons. The Morgan fingerprint density at radius 2 is 2.16 bits per heavy atom. The number of carbonyl (C=O) groups excluding carboxylic acids is 1. The normalized spacial score (nSPS) is 21.1. The number of hydrazine groups is 1. The third-order valence-corrected chi connectivity index (χ3v) is 6.74. The molecule has 1 aliphatic carbocycles. The summed E-state index contributed by atoms with van der Waals surface area (Å²) >= 11 is 1.37. The molecular formula is C21H26F2N6O2S. The minimum absolute atomic E-state index is 0.213. The van der Waals surface area contributed by atoms with Gasteiger partial charge < -0.3 is 15.8 Å². The lowest BCUT2D eigenvalue weighted by Crippen LogP contribution is -2.28. The van der Waals surface area contributed by atoms with Crippen LogP contribution in [0.4, 0.5) is 13.9 Å². The molecule has 2 aliphatic rings. The number of ether oxygens (including phenoxy) is 1. The molecule has 2 unspecified atom stereocenters. The van der Waals surface area contributed by atoms with E-state index in [9.17, 15) is 13.6 Å². The number of nitrogens with two attached hydrogens (primary N) is 2. The maximum absolute atomic E-state index is 14.0. The fourth-order valence-corrected chi connectivity index (χ4v) is 5.21. The maximum Gasteiger partial charge on any atom is 0.248 e. The minimum Gasteiger partial charge on any atom is -0.382 e. The van der Waals surface area contributed by atoms with Crippen molar-refractivity contribution in [2.45, 2.75) is 44.1 Å². The summed E-state index contributed by atoms with van der Waals surface area (Å²) < 4.78 is 33.4. The van der Waals surface area contributed by atoms with Gasteiger partial charge in [0.05, 0.1) is 29.7 Å².